The van der Waals surface area contributed by atoms with Crippen LogP contribution in [-0.2, 0) is 4.79 Å². The van der Waals surface area contributed by atoms with Gasteiger partial charge in [0.2, 0.25) is 11.8 Å². The summed E-state index contributed by atoms with van der Waals surface area (Å²) in [5, 5.41) is 4.52. The normalized spacial score (nSPS) is 11.3. The molecular weight excluding hydrogens is 494 g/mol. The van der Waals surface area contributed by atoms with Gasteiger partial charge in [-0.1, -0.05) is 46.4 Å². The van der Waals surface area contributed by atoms with E-state index in [9.17, 15) is 4.79 Å². The van der Waals surface area contributed by atoms with E-state index in [4.69, 9.17) is 55.6 Å². The SMILES string of the molecule is COc1c(Cl)cc(Cl)cc1/C=C/C(=O)Nc1ccc2oc(-c3ccc(Cl)cc3Cl)nc2c1. The topological polar surface area (TPSA) is 64.4 Å². The Morgan fingerprint density at radius 3 is 2.53 bits per heavy atom. The lowest BCUT2D eigenvalue weighted by molar-refractivity contribution is -0.111. The van der Waals surface area contributed by atoms with Crippen molar-refractivity contribution in [2.75, 3.05) is 12.4 Å². The molecule has 1 heterocycles. The van der Waals surface area contributed by atoms with Crippen LogP contribution in [0, 0.1) is 0 Å². The molecule has 3 aromatic carbocycles. The molecule has 0 bridgehead atoms. The van der Waals surface area contributed by atoms with Crippen LogP contribution in [0.1, 0.15) is 5.56 Å². The zero-order chi connectivity index (χ0) is 22.8. The van der Waals surface area contributed by atoms with E-state index in [1.165, 1.54) is 13.2 Å². The van der Waals surface area contributed by atoms with Gasteiger partial charge < -0.3 is 14.5 Å². The number of anilines is 1. The van der Waals surface area contributed by atoms with Gasteiger partial charge in [-0.15, -0.1) is 0 Å². The third-order valence-electron chi connectivity index (χ3n) is 4.47. The van der Waals surface area contributed by atoms with Crippen LogP contribution in [0.25, 0.3) is 28.6 Å². The second-order valence-electron chi connectivity index (χ2n) is 6.66. The van der Waals surface area contributed by atoms with Gasteiger partial charge in [-0.3, -0.25) is 4.79 Å². The van der Waals surface area contributed by atoms with Crippen LogP contribution < -0.4 is 10.1 Å². The third kappa shape index (κ3) is 4.87. The van der Waals surface area contributed by atoms with Gasteiger partial charge >= 0.3 is 0 Å². The molecular formula is C23H14Cl4N2O3. The van der Waals surface area contributed by atoms with Crippen LogP contribution in [0.15, 0.2) is 59.0 Å². The van der Waals surface area contributed by atoms with Crippen LogP contribution in [0.5, 0.6) is 5.75 Å². The summed E-state index contributed by atoms with van der Waals surface area (Å²) in [6.07, 6.45) is 2.93. The number of carbonyl (C=O) groups excluding carboxylic acids is 1. The Labute approximate surface area is 203 Å². The summed E-state index contributed by atoms with van der Waals surface area (Å²) in [6, 6.07) is 13.4. The number of nitrogens with zero attached hydrogens (tertiary/aromatic N) is 1. The zero-order valence-corrected chi connectivity index (χ0v) is 19.5. The molecule has 162 valence electrons. The van der Waals surface area contributed by atoms with Gasteiger partial charge in [0.15, 0.2) is 5.58 Å². The molecule has 0 aliphatic rings. The largest absolute Gasteiger partial charge is 0.495 e. The van der Waals surface area contributed by atoms with E-state index in [2.05, 4.69) is 10.3 Å². The van der Waals surface area contributed by atoms with Crippen LogP contribution >= 0.6 is 46.4 Å². The standard InChI is InChI=1S/C23H14Cl4N2O3/c1-31-22-12(8-14(25)10-18(22)27)2-7-21(30)28-15-4-6-20-19(11-15)29-23(32-20)16-5-3-13(24)9-17(16)26/h2-11H,1H3,(H,28,30)/b7-2+. The molecule has 9 heteroatoms. The number of methoxy groups -OCH3 is 1. The molecule has 0 saturated carbocycles. The highest BCUT2D eigenvalue weighted by atomic mass is 35.5. The Bertz CT molecular complexity index is 1370. The quantitative estimate of drug-likeness (QED) is 0.280. The van der Waals surface area contributed by atoms with Gasteiger partial charge in [0.1, 0.15) is 11.3 Å². The lowest BCUT2D eigenvalue weighted by Gasteiger charge is -2.08. The second-order valence-corrected chi connectivity index (χ2v) is 8.35. The highest BCUT2D eigenvalue weighted by molar-refractivity contribution is 6.36. The highest BCUT2D eigenvalue weighted by Gasteiger charge is 2.13. The van der Waals surface area contributed by atoms with Crippen molar-refractivity contribution in [1.29, 1.82) is 0 Å². The molecule has 5 nitrogen and oxygen atoms in total. The lowest BCUT2D eigenvalue weighted by atomic mass is 10.2. The monoisotopic (exact) mass is 506 g/mol. The van der Waals surface area contributed by atoms with Crippen LogP contribution in [0.2, 0.25) is 20.1 Å². The van der Waals surface area contributed by atoms with Gasteiger partial charge in [-0.25, -0.2) is 4.98 Å². The molecule has 4 rings (SSSR count). The van der Waals surface area contributed by atoms with E-state index in [0.29, 0.717) is 59.6 Å². The lowest BCUT2D eigenvalue weighted by Crippen LogP contribution is -2.07. The Balaban J connectivity index is 1.55. The molecule has 0 fully saturated rings. The van der Waals surface area contributed by atoms with Crippen molar-refractivity contribution in [1.82, 2.24) is 4.98 Å². The molecule has 0 aliphatic carbocycles. The summed E-state index contributed by atoms with van der Waals surface area (Å²) in [6.45, 7) is 0. The van der Waals surface area contributed by atoms with E-state index in [-0.39, 0.29) is 5.91 Å². The molecule has 0 atom stereocenters. The summed E-state index contributed by atoms with van der Waals surface area (Å²) in [5.74, 6) is 0.430. The van der Waals surface area contributed by atoms with E-state index < -0.39 is 0 Å². The number of rotatable bonds is 5. The molecule has 4 aromatic rings. The summed E-state index contributed by atoms with van der Waals surface area (Å²) in [4.78, 5) is 16.9. The van der Waals surface area contributed by atoms with Gasteiger partial charge in [0.05, 0.1) is 22.7 Å². The van der Waals surface area contributed by atoms with Gasteiger partial charge in [0.25, 0.3) is 0 Å². The predicted molar refractivity (Wildman–Crippen MR) is 130 cm³/mol. The first-order chi connectivity index (χ1) is 15.3. The van der Waals surface area contributed by atoms with Crippen molar-refractivity contribution in [2.24, 2.45) is 0 Å². The molecule has 0 unspecified atom stereocenters. The minimum atomic E-state index is -0.355. The molecule has 1 aromatic heterocycles. The second kappa shape index (κ2) is 9.43. The first-order valence-electron chi connectivity index (χ1n) is 9.22. The smallest absolute Gasteiger partial charge is 0.248 e. The maximum absolute atomic E-state index is 12.4. The maximum Gasteiger partial charge on any atom is 0.248 e. The average Bonchev–Trinajstić information content (AvgIpc) is 3.15. The minimum Gasteiger partial charge on any atom is -0.495 e. The zero-order valence-electron chi connectivity index (χ0n) is 16.5. The van der Waals surface area contributed by atoms with E-state index >= 15 is 0 Å². The van der Waals surface area contributed by atoms with Crippen LogP contribution in [-0.4, -0.2) is 18.0 Å². The van der Waals surface area contributed by atoms with Crippen molar-refractivity contribution in [3.8, 4) is 17.2 Å². The first-order valence-corrected chi connectivity index (χ1v) is 10.7. The molecule has 1 N–H and O–H groups in total. The summed E-state index contributed by atoms with van der Waals surface area (Å²) < 4.78 is 11.1. The third-order valence-corrected chi connectivity index (χ3v) is 5.52. The molecule has 1 amide bonds. The number of benzene rings is 3. The molecule has 32 heavy (non-hydrogen) atoms. The minimum absolute atomic E-state index is 0.355. The number of halogens is 4. The van der Waals surface area contributed by atoms with Crippen molar-refractivity contribution < 1.29 is 13.9 Å². The van der Waals surface area contributed by atoms with Crippen LogP contribution in [0.3, 0.4) is 0 Å². The van der Waals surface area contributed by atoms with E-state index in [0.717, 1.165) is 0 Å². The molecule has 0 saturated heterocycles. The Kier molecular flexibility index (Phi) is 6.63. The fourth-order valence-corrected chi connectivity index (χ4v) is 4.13. The van der Waals surface area contributed by atoms with Gasteiger partial charge in [0, 0.05) is 27.4 Å². The number of hydrogen-bond donors (Lipinski definition) is 1. The van der Waals surface area contributed by atoms with Crippen molar-refractivity contribution in [3.63, 3.8) is 0 Å². The number of oxazole rings is 1. The summed E-state index contributed by atoms with van der Waals surface area (Å²) in [7, 11) is 1.49. The number of nitrogens with one attached hydrogen (secondary N) is 1. The number of hydrogen-bond acceptors (Lipinski definition) is 4. The number of carbonyl (C=O) groups is 1. The maximum atomic E-state index is 12.4. The summed E-state index contributed by atoms with van der Waals surface area (Å²) in [5.41, 5.74) is 2.87. The van der Waals surface area contributed by atoms with E-state index in [1.54, 1.807) is 54.6 Å². The van der Waals surface area contributed by atoms with Gasteiger partial charge in [-0.05, 0) is 54.6 Å². The number of ether oxygens (including phenoxy) is 1. The number of aromatic nitrogens is 1. The molecule has 0 spiro atoms. The Morgan fingerprint density at radius 2 is 1.78 bits per heavy atom. The molecule has 0 radical (unpaired) electrons. The van der Waals surface area contributed by atoms with Crippen molar-refractivity contribution in [2.45, 2.75) is 0 Å². The molecule has 0 aliphatic heterocycles. The first kappa shape index (κ1) is 22.5. The number of fused-ring (bicyclic) bond motifs is 1. The fourth-order valence-electron chi connectivity index (χ4n) is 3.05. The number of amides is 1. The Morgan fingerprint density at radius 1 is 1.00 bits per heavy atom. The fraction of sp³-hybridized carbons (Fsp3) is 0.0435. The summed E-state index contributed by atoms with van der Waals surface area (Å²) >= 11 is 24.4. The van der Waals surface area contributed by atoms with E-state index in [1.807, 2.05) is 0 Å². The van der Waals surface area contributed by atoms with Gasteiger partial charge in [-0.2, -0.15) is 0 Å². The van der Waals surface area contributed by atoms with Crippen molar-refractivity contribution >= 4 is 75.2 Å². The Hall–Kier alpha value is -2.70. The predicted octanol–water partition coefficient (Wildman–Crippen LogP) is 7.77. The highest BCUT2D eigenvalue weighted by Crippen LogP contribution is 2.34. The van der Waals surface area contributed by atoms with Crippen molar-refractivity contribution in [3.05, 3.63) is 80.3 Å². The average molecular weight is 508 g/mol. The van der Waals surface area contributed by atoms with Crippen LogP contribution in [0.4, 0.5) is 5.69 Å².